The molecule has 1 aliphatic rings. The third-order valence-electron chi connectivity index (χ3n) is 5.90. The molecule has 2 heterocycles. The summed E-state index contributed by atoms with van der Waals surface area (Å²) in [5.41, 5.74) is 3.02. The third kappa shape index (κ3) is 4.29. The monoisotopic (exact) mass is 439 g/mol. The summed E-state index contributed by atoms with van der Waals surface area (Å²) in [7, 11) is 1.62. The molecule has 0 radical (unpaired) electrons. The number of carbonyl (C=O) groups excluding carboxylic acids is 1. The van der Waals surface area contributed by atoms with Gasteiger partial charge in [0, 0.05) is 43.3 Å². The summed E-state index contributed by atoms with van der Waals surface area (Å²) in [5.74, 6) is 0.640. The first-order valence-corrected chi connectivity index (χ1v) is 10.7. The summed E-state index contributed by atoms with van der Waals surface area (Å²) >= 11 is 6.37. The molecule has 1 aliphatic heterocycles. The normalized spacial score (nSPS) is 15.7. The number of nitrogens with zero attached hydrogens (tertiary/aromatic N) is 5. The second-order valence-corrected chi connectivity index (χ2v) is 8.07. The maximum atomic E-state index is 13.1. The van der Waals surface area contributed by atoms with Crippen molar-refractivity contribution in [3.8, 4) is 11.4 Å². The van der Waals surface area contributed by atoms with Crippen molar-refractivity contribution < 1.29 is 9.53 Å². The highest BCUT2D eigenvalue weighted by Crippen LogP contribution is 2.28. The van der Waals surface area contributed by atoms with Gasteiger partial charge in [-0.15, -0.1) is 5.10 Å². The molecule has 162 valence electrons. The molecule has 1 amide bonds. The highest BCUT2D eigenvalue weighted by atomic mass is 35.5. The number of methoxy groups -OCH3 is 1. The number of carbonyl (C=O) groups is 1. The van der Waals surface area contributed by atoms with Gasteiger partial charge in [0.1, 0.15) is 5.75 Å². The molecule has 1 unspecified atom stereocenters. The minimum atomic E-state index is -0.0864. The van der Waals surface area contributed by atoms with Gasteiger partial charge in [0.05, 0.1) is 18.5 Å². The van der Waals surface area contributed by atoms with Crippen molar-refractivity contribution >= 4 is 17.5 Å². The Morgan fingerprint density at radius 3 is 2.55 bits per heavy atom. The molecule has 1 aromatic heterocycles. The molecule has 0 aliphatic carbocycles. The number of amides is 1. The number of hydrogen-bond acceptors (Lipinski definition) is 5. The Kier molecular flexibility index (Phi) is 6.25. The Labute approximate surface area is 187 Å². The first-order chi connectivity index (χ1) is 15.0. The van der Waals surface area contributed by atoms with Gasteiger partial charge in [0.25, 0.3) is 5.91 Å². The Morgan fingerprint density at radius 2 is 1.84 bits per heavy atom. The van der Waals surface area contributed by atoms with Crippen molar-refractivity contribution in [2.24, 2.45) is 0 Å². The zero-order valence-corrected chi connectivity index (χ0v) is 18.7. The van der Waals surface area contributed by atoms with Crippen molar-refractivity contribution in [1.29, 1.82) is 0 Å². The van der Waals surface area contributed by atoms with Crippen LogP contribution in [-0.2, 0) is 0 Å². The first kappa shape index (κ1) is 21.3. The molecule has 1 saturated heterocycles. The van der Waals surface area contributed by atoms with Crippen LogP contribution >= 0.6 is 11.6 Å². The number of hydrogen-bond donors (Lipinski definition) is 0. The fourth-order valence-corrected chi connectivity index (χ4v) is 4.28. The van der Waals surface area contributed by atoms with Crippen LogP contribution in [0.1, 0.15) is 34.7 Å². The van der Waals surface area contributed by atoms with Gasteiger partial charge in [-0.25, -0.2) is 4.68 Å². The molecule has 4 rings (SSSR count). The molecule has 0 spiro atoms. The molecule has 31 heavy (non-hydrogen) atoms. The molecule has 2 aromatic carbocycles. The van der Waals surface area contributed by atoms with E-state index >= 15 is 0 Å². The van der Waals surface area contributed by atoms with Crippen LogP contribution in [0.25, 0.3) is 5.69 Å². The van der Waals surface area contributed by atoms with E-state index in [1.165, 1.54) is 0 Å². The molecule has 1 atom stereocenters. The van der Waals surface area contributed by atoms with Gasteiger partial charge in [-0.2, -0.15) is 0 Å². The van der Waals surface area contributed by atoms with E-state index in [0.29, 0.717) is 24.5 Å². The van der Waals surface area contributed by atoms with Gasteiger partial charge in [0.15, 0.2) is 5.69 Å². The molecular weight excluding hydrogens is 414 g/mol. The topological polar surface area (TPSA) is 63.5 Å². The van der Waals surface area contributed by atoms with E-state index < -0.39 is 0 Å². The van der Waals surface area contributed by atoms with Crippen molar-refractivity contribution in [3.63, 3.8) is 0 Å². The van der Waals surface area contributed by atoms with Gasteiger partial charge in [-0.05, 0) is 37.6 Å². The average molecular weight is 440 g/mol. The average Bonchev–Trinajstić information content (AvgIpc) is 3.20. The molecule has 7 nitrogen and oxygen atoms in total. The Hall–Kier alpha value is -2.90. The minimum absolute atomic E-state index is 0.0864. The predicted molar refractivity (Wildman–Crippen MR) is 120 cm³/mol. The molecule has 0 saturated carbocycles. The van der Waals surface area contributed by atoms with Crippen LogP contribution in [0.5, 0.6) is 5.75 Å². The largest absolute Gasteiger partial charge is 0.497 e. The van der Waals surface area contributed by atoms with Gasteiger partial charge in [-0.3, -0.25) is 9.69 Å². The smallest absolute Gasteiger partial charge is 0.276 e. The summed E-state index contributed by atoms with van der Waals surface area (Å²) in [6, 6.07) is 15.6. The predicted octanol–water partition coefficient (Wildman–Crippen LogP) is 3.76. The van der Waals surface area contributed by atoms with Crippen LogP contribution in [0.15, 0.2) is 48.5 Å². The van der Waals surface area contributed by atoms with Crippen molar-refractivity contribution in [1.82, 2.24) is 24.8 Å². The quantitative estimate of drug-likeness (QED) is 0.605. The number of rotatable bonds is 5. The number of piperazine rings is 1. The number of halogens is 1. The van der Waals surface area contributed by atoms with Gasteiger partial charge < -0.3 is 9.64 Å². The highest BCUT2D eigenvalue weighted by molar-refractivity contribution is 6.31. The van der Waals surface area contributed by atoms with Crippen LogP contribution in [0.4, 0.5) is 0 Å². The second-order valence-electron chi connectivity index (χ2n) is 7.66. The van der Waals surface area contributed by atoms with Gasteiger partial charge >= 0.3 is 0 Å². The van der Waals surface area contributed by atoms with E-state index in [4.69, 9.17) is 16.3 Å². The highest BCUT2D eigenvalue weighted by Gasteiger charge is 2.29. The lowest BCUT2D eigenvalue weighted by molar-refractivity contribution is 0.0576. The SMILES string of the molecule is COc1cccc(-n2nnc(C(=O)N3CCN(C(C)c4ccccc4Cl)CC3)c2C)c1. The number of ether oxygens (including phenoxy) is 1. The molecule has 1 fully saturated rings. The summed E-state index contributed by atoms with van der Waals surface area (Å²) < 4.78 is 6.96. The molecule has 0 bridgehead atoms. The van der Waals surface area contributed by atoms with Crippen LogP contribution in [0.2, 0.25) is 5.02 Å². The first-order valence-electron chi connectivity index (χ1n) is 10.3. The Morgan fingerprint density at radius 1 is 1.10 bits per heavy atom. The van der Waals surface area contributed by atoms with E-state index in [9.17, 15) is 4.79 Å². The van der Waals surface area contributed by atoms with E-state index in [2.05, 4.69) is 28.2 Å². The summed E-state index contributed by atoms with van der Waals surface area (Å²) in [4.78, 5) is 17.3. The van der Waals surface area contributed by atoms with E-state index in [0.717, 1.165) is 35.1 Å². The number of aromatic nitrogens is 3. The summed E-state index contributed by atoms with van der Waals surface area (Å²) in [6.07, 6.45) is 0. The van der Waals surface area contributed by atoms with Crippen molar-refractivity contribution in [2.45, 2.75) is 19.9 Å². The van der Waals surface area contributed by atoms with E-state index in [1.807, 2.05) is 54.3 Å². The lowest BCUT2D eigenvalue weighted by Gasteiger charge is -2.38. The van der Waals surface area contributed by atoms with Crippen molar-refractivity contribution in [2.75, 3.05) is 33.3 Å². The summed E-state index contributed by atoms with van der Waals surface area (Å²) in [6.45, 7) is 6.85. The molecule has 0 N–H and O–H groups in total. The standard InChI is InChI=1S/C23H26ClN5O2/c1-16(20-9-4-5-10-21(20)24)27-11-13-28(14-12-27)23(30)22-17(2)29(26-25-22)18-7-6-8-19(15-18)31-3/h4-10,15-16H,11-14H2,1-3H3. The van der Waals surface area contributed by atoms with Gasteiger partial charge in [0.2, 0.25) is 0 Å². The maximum absolute atomic E-state index is 13.1. The Balaban J connectivity index is 1.45. The third-order valence-corrected chi connectivity index (χ3v) is 6.24. The zero-order valence-electron chi connectivity index (χ0n) is 18.0. The van der Waals surface area contributed by atoms with Crippen LogP contribution < -0.4 is 4.74 Å². The minimum Gasteiger partial charge on any atom is -0.497 e. The molecular formula is C23H26ClN5O2. The fourth-order valence-electron chi connectivity index (χ4n) is 3.99. The van der Waals surface area contributed by atoms with Gasteiger partial charge in [-0.1, -0.05) is 41.1 Å². The van der Waals surface area contributed by atoms with E-state index in [1.54, 1.807) is 11.8 Å². The van der Waals surface area contributed by atoms with Crippen LogP contribution in [0, 0.1) is 6.92 Å². The zero-order chi connectivity index (χ0) is 22.0. The second kappa shape index (κ2) is 9.08. The van der Waals surface area contributed by atoms with E-state index in [-0.39, 0.29) is 11.9 Å². The van der Waals surface area contributed by atoms with Crippen LogP contribution in [0.3, 0.4) is 0 Å². The summed E-state index contributed by atoms with van der Waals surface area (Å²) in [5, 5.41) is 9.17. The fraction of sp³-hybridized carbons (Fsp3) is 0.348. The lowest BCUT2D eigenvalue weighted by Crippen LogP contribution is -2.49. The molecule has 3 aromatic rings. The van der Waals surface area contributed by atoms with Crippen molar-refractivity contribution in [3.05, 3.63) is 70.5 Å². The Bertz CT molecular complexity index is 1080. The molecule has 8 heteroatoms. The van der Waals surface area contributed by atoms with Crippen LogP contribution in [-0.4, -0.2) is 64.0 Å². The lowest BCUT2D eigenvalue weighted by atomic mass is 10.1. The maximum Gasteiger partial charge on any atom is 0.276 e. The number of benzene rings is 2.